The molecule has 0 radical (unpaired) electrons. The molecule has 0 spiro atoms. The van der Waals surface area contributed by atoms with E-state index in [9.17, 15) is 4.79 Å². The average Bonchev–Trinajstić information content (AvgIpc) is 2.26. The highest BCUT2D eigenvalue weighted by Crippen LogP contribution is 1.96. The van der Waals surface area contributed by atoms with E-state index in [-0.39, 0.29) is 5.91 Å². The van der Waals surface area contributed by atoms with Crippen molar-refractivity contribution in [2.75, 3.05) is 0 Å². The van der Waals surface area contributed by atoms with Crippen LogP contribution in [0, 0.1) is 5.92 Å². The van der Waals surface area contributed by atoms with Crippen molar-refractivity contribution >= 4 is 11.6 Å². The summed E-state index contributed by atoms with van der Waals surface area (Å²) in [7, 11) is 0. The van der Waals surface area contributed by atoms with Crippen LogP contribution in [0.4, 0.5) is 0 Å². The van der Waals surface area contributed by atoms with Crippen LogP contribution in [0.15, 0.2) is 29.5 Å². The molecule has 0 aliphatic carbocycles. The standard InChI is InChI=1S/C11H15N3O/c1-8(2)9(3)13-14-11(15)10-6-4-5-7-12-10/h4-8H,1-3H3,(H,14,15). The molecule has 0 aliphatic heterocycles. The predicted octanol–water partition coefficient (Wildman–Crippen LogP) is 1.84. The van der Waals surface area contributed by atoms with Gasteiger partial charge in [-0.25, -0.2) is 5.43 Å². The third kappa shape index (κ3) is 3.50. The summed E-state index contributed by atoms with van der Waals surface area (Å²) in [5, 5.41) is 3.98. The van der Waals surface area contributed by atoms with Gasteiger partial charge in [0.05, 0.1) is 0 Å². The first-order valence-corrected chi connectivity index (χ1v) is 4.87. The number of nitrogens with one attached hydrogen (secondary N) is 1. The zero-order chi connectivity index (χ0) is 11.3. The molecule has 1 rings (SSSR count). The predicted molar refractivity (Wildman–Crippen MR) is 59.7 cm³/mol. The normalized spacial score (nSPS) is 11.6. The van der Waals surface area contributed by atoms with Crippen molar-refractivity contribution in [3.8, 4) is 0 Å². The van der Waals surface area contributed by atoms with Gasteiger partial charge in [-0.15, -0.1) is 0 Å². The van der Waals surface area contributed by atoms with E-state index in [4.69, 9.17) is 0 Å². The van der Waals surface area contributed by atoms with Crippen LogP contribution < -0.4 is 5.43 Å². The molecule has 80 valence electrons. The molecular weight excluding hydrogens is 190 g/mol. The second-order valence-corrected chi connectivity index (χ2v) is 3.56. The Morgan fingerprint density at radius 3 is 2.73 bits per heavy atom. The van der Waals surface area contributed by atoms with Gasteiger partial charge in [0.1, 0.15) is 5.69 Å². The maximum absolute atomic E-state index is 11.5. The molecule has 0 saturated heterocycles. The lowest BCUT2D eigenvalue weighted by molar-refractivity contribution is 0.0949. The number of hydrogen-bond acceptors (Lipinski definition) is 3. The Hall–Kier alpha value is -1.71. The molecule has 0 aromatic carbocycles. The first-order valence-electron chi connectivity index (χ1n) is 4.87. The van der Waals surface area contributed by atoms with Gasteiger partial charge in [-0.3, -0.25) is 9.78 Å². The highest BCUT2D eigenvalue weighted by Gasteiger charge is 2.05. The quantitative estimate of drug-likeness (QED) is 0.604. The van der Waals surface area contributed by atoms with Crippen molar-refractivity contribution in [2.45, 2.75) is 20.8 Å². The molecule has 4 nitrogen and oxygen atoms in total. The fraction of sp³-hybridized carbons (Fsp3) is 0.364. The molecule has 0 saturated carbocycles. The van der Waals surface area contributed by atoms with Gasteiger partial charge in [0.25, 0.3) is 5.91 Å². The van der Waals surface area contributed by atoms with Crippen LogP contribution in [-0.2, 0) is 0 Å². The Morgan fingerprint density at radius 1 is 1.47 bits per heavy atom. The monoisotopic (exact) mass is 205 g/mol. The molecule has 0 aliphatic rings. The second kappa shape index (κ2) is 5.24. The Balaban J connectivity index is 2.62. The molecule has 15 heavy (non-hydrogen) atoms. The van der Waals surface area contributed by atoms with Crippen LogP contribution in [0.1, 0.15) is 31.3 Å². The van der Waals surface area contributed by atoms with Gasteiger partial charge in [-0.2, -0.15) is 5.10 Å². The molecule has 1 N–H and O–H groups in total. The number of aromatic nitrogens is 1. The van der Waals surface area contributed by atoms with Crippen molar-refractivity contribution in [1.82, 2.24) is 10.4 Å². The lowest BCUT2D eigenvalue weighted by atomic mass is 10.1. The van der Waals surface area contributed by atoms with Crippen LogP contribution in [-0.4, -0.2) is 16.6 Å². The number of hydrogen-bond donors (Lipinski definition) is 1. The third-order valence-corrected chi connectivity index (χ3v) is 2.07. The molecule has 0 atom stereocenters. The molecule has 1 aromatic heterocycles. The first kappa shape index (κ1) is 11.4. The van der Waals surface area contributed by atoms with Crippen LogP contribution in [0.3, 0.4) is 0 Å². The van der Waals surface area contributed by atoms with Crippen molar-refractivity contribution in [1.29, 1.82) is 0 Å². The average molecular weight is 205 g/mol. The smallest absolute Gasteiger partial charge is 0.266 e. The number of amides is 1. The lowest BCUT2D eigenvalue weighted by Gasteiger charge is -2.04. The Bertz CT molecular complexity index is 357. The minimum absolute atomic E-state index is 0.282. The number of rotatable bonds is 3. The van der Waals surface area contributed by atoms with Gasteiger partial charge in [-0.05, 0) is 25.0 Å². The Morgan fingerprint density at radius 2 is 2.20 bits per heavy atom. The number of pyridine rings is 1. The molecule has 1 aromatic rings. The van der Waals surface area contributed by atoms with Crippen LogP contribution in [0.5, 0.6) is 0 Å². The van der Waals surface area contributed by atoms with Crippen LogP contribution in [0.2, 0.25) is 0 Å². The molecule has 1 amide bonds. The van der Waals surface area contributed by atoms with E-state index in [1.54, 1.807) is 24.4 Å². The van der Waals surface area contributed by atoms with Crippen molar-refractivity contribution < 1.29 is 4.79 Å². The molecule has 1 heterocycles. The van der Waals surface area contributed by atoms with E-state index in [2.05, 4.69) is 15.5 Å². The summed E-state index contributed by atoms with van der Waals surface area (Å²) >= 11 is 0. The number of nitrogens with zero attached hydrogens (tertiary/aromatic N) is 2. The lowest BCUT2D eigenvalue weighted by Crippen LogP contribution is -2.21. The van der Waals surface area contributed by atoms with Gasteiger partial charge < -0.3 is 0 Å². The van der Waals surface area contributed by atoms with Crippen molar-refractivity contribution in [3.63, 3.8) is 0 Å². The Kier molecular flexibility index (Phi) is 3.97. The fourth-order valence-corrected chi connectivity index (χ4v) is 0.822. The summed E-state index contributed by atoms with van der Waals surface area (Å²) < 4.78 is 0. The summed E-state index contributed by atoms with van der Waals surface area (Å²) in [6, 6.07) is 5.18. The SMILES string of the molecule is CC(=NNC(=O)c1ccccn1)C(C)C. The molecular formula is C11H15N3O. The second-order valence-electron chi connectivity index (χ2n) is 3.56. The molecule has 4 heteroatoms. The highest BCUT2D eigenvalue weighted by molar-refractivity contribution is 5.93. The van der Waals surface area contributed by atoms with Crippen LogP contribution in [0.25, 0.3) is 0 Å². The Labute approximate surface area is 89.4 Å². The largest absolute Gasteiger partial charge is 0.289 e. The minimum atomic E-state index is -0.282. The van der Waals surface area contributed by atoms with Gasteiger partial charge in [0, 0.05) is 11.9 Å². The first-order chi connectivity index (χ1) is 7.11. The number of carbonyl (C=O) groups excluding carboxylic acids is 1. The zero-order valence-corrected chi connectivity index (χ0v) is 9.19. The third-order valence-electron chi connectivity index (χ3n) is 2.07. The fourth-order valence-electron chi connectivity index (χ4n) is 0.822. The molecule has 0 fully saturated rings. The van der Waals surface area contributed by atoms with Gasteiger partial charge in [0.2, 0.25) is 0 Å². The summed E-state index contributed by atoms with van der Waals surface area (Å²) in [5.74, 6) is 0.0460. The van der Waals surface area contributed by atoms with Crippen molar-refractivity contribution in [3.05, 3.63) is 30.1 Å². The molecule has 0 unspecified atom stereocenters. The van der Waals surface area contributed by atoms with E-state index < -0.39 is 0 Å². The van der Waals surface area contributed by atoms with E-state index in [1.807, 2.05) is 20.8 Å². The van der Waals surface area contributed by atoms with E-state index in [0.717, 1.165) is 5.71 Å². The minimum Gasteiger partial charge on any atom is -0.266 e. The van der Waals surface area contributed by atoms with Gasteiger partial charge in [-0.1, -0.05) is 19.9 Å². The highest BCUT2D eigenvalue weighted by atomic mass is 16.2. The summed E-state index contributed by atoms with van der Waals surface area (Å²) in [6.45, 7) is 5.92. The van der Waals surface area contributed by atoms with Crippen LogP contribution >= 0.6 is 0 Å². The maximum atomic E-state index is 11.5. The van der Waals surface area contributed by atoms with E-state index >= 15 is 0 Å². The summed E-state index contributed by atoms with van der Waals surface area (Å²) in [4.78, 5) is 15.4. The topological polar surface area (TPSA) is 54.4 Å². The number of carbonyl (C=O) groups is 1. The maximum Gasteiger partial charge on any atom is 0.289 e. The van der Waals surface area contributed by atoms with E-state index in [0.29, 0.717) is 11.6 Å². The van der Waals surface area contributed by atoms with Gasteiger partial charge in [0.15, 0.2) is 0 Å². The van der Waals surface area contributed by atoms with E-state index in [1.165, 1.54) is 0 Å². The summed E-state index contributed by atoms with van der Waals surface area (Å²) in [6.07, 6.45) is 1.58. The number of hydrazone groups is 1. The van der Waals surface area contributed by atoms with Crippen molar-refractivity contribution in [2.24, 2.45) is 11.0 Å². The summed E-state index contributed by atoms with van der Waals surface area (Å²) in [5.41, 5.74) is 3.73. The molecule has 0 bridgehead atoms. The van der Waals surface area contributed by atoms with Gasteiger partial charge >= 0.3 is 0 Å². The zero-order valence-electron chi connectivity index (χ0n) is 9.19.